The Labute approximate surface area is 92.2 Å². The number of benzene rings is 1. The van der Waals surface area contributed by atoms with Crippen LogP contribution in [0, 0.1) is 0 Å². The standard InChI is InChI=1S/C10H14BrNS/c1-13-7-9(6-12)8-2-4-10(11)5-3-8/h2-5,9H,6-7,12H2,1H3. The van der Waals surface area contributed by atoms with Crippen molar-refractivity contribution in [2.75, 3.05) is 18.6 Å². The highest BCUT2D eigenvalue weighted by Gasteiger charge is 2.07. The second kappa shape index (κ2) is 5.68. The third-order valence-corrected chi connectivity index (χ3v) is 3.26. The molecule has 0 aliphatic heterocycles. The molecule has 0 bridgehead atoms. The van der Waals surface area contributed by atoms with E-state index in [4.69, 9.17) is 5.73 Å². The van der Waals surface area contributed by atoms with Gasteiger partial charge < -0.3 is 5.73 Å². The lowest BCUT2D eigenvalue weighted by Gasteiger charge is -2.13. The second-order valence-electron chi connectivity index (χ2n) is 2.94. The van der Waals surface area contributed by atoms with Gasteiger partial charge in [-0.25, -0.2) is 0 Å². The summed E-state index contributed by atoms with van der Waals surface area (Å²) in [5.41, 5.74) is 7.04. The van der Waals surface area contributed by atoms with Gasteiger partial charge in [0.15, 0.2) is 0 Å². The van der Waals surface area contributed by atoms with E-state index in [0.29, 0.717) is 5.92 Å². The van der Waals surface area contributed by atoms with Crippen molar-refractivity contribution in [3.63, 3.8) is 0 Å². The fraction of sp³-hybridized carbons (Fsp3) is 0.400. The lowest BCUT2D eigenvalue weighted by Crippen LogP contribution is -2.14. The molecule has 1 atom stereocenters. The van der Waals surface area contributed by atoms with Gasteiger partial charge >= 0.3 is 0 Å². The van der Waals surface area contributed by atoms with E-state index in [2.05, 4.69) is 46.5 Å². The Morgan fingerprint density at radius 1 is 1.38 bits per heavy atom. The average molecular weight is 260 g/mol. The van der Waals surface area contributed by atoms with Crippen molar-refractivity contribution in [2.45, 2.75) is 5.92 Å². The lowest BCUT2D eigenvalue weighted by atomic mass is 10.0. The molecule has 13 heavy (non-hydrogen) atoms. The minimum Gasteiger partial charge on any atom is -0.330 e. The van der Waals surface area contributed by atoms with Crippen molar-refractivity contribution in [1.82, 2.24) is 0 Å². The van der Waals surface area contributed by atoms with Crippen LogP contribution in [0.25, 0.3) is 0 Å². The summed E-state index contributed by atoms with van der Waals surface area (Å²) in [5, 5.41) is 0. The van der Waals surface area contributed by atoms with Gasteiger partial charge in [0.25, 0.3) is 0 Å². The predicted octanol–water partition coefficient (Wildman–Crippen LogP) is 2.85. The fourth-order valence-corrected chi connectivity index (χ4v) is 2.23. The minimum absolute atomic E-state index is 0.489. The Hall–Kier alpha value is 0.01000. The molecule has 0 amide bonds. The number of hydrogen-bond donors (Lipinski definition) is 1. The number of thioether (sulfide) groups is 1. The molecule has 2 N–H and O–H groups in total. The zero-order chi connectivity index (χ0) is 9.68. The summed E-state index contributed by atoms with van der Waals surface area (Å²) in [4.78, 5) is 0. The Balaban J connectivity index is 2.73. The van der Waals surface area contributed by atoms with Gasteiger partial charge in [-0.05, 0) is 30.5 Å². The predicted molar refractivity (Wildman–Crippen MR) is 64.3 cm³/mol. The monoisotopic (exact) mass is 259 g/mol. The van der Waals surface area contributed by atoms with Crippen LogP contribution in [-0.4, -0.2) is 18.6 Å². The molecule has 0 fully saturated rings. The molecule has 1 aromatic carbocycles. The van der Waals surface area contributed by atoms with Crippen molar-refractivity contribution < 1.29 is 0 Å². The zero-order valence-electron chi connectivity index (χ0n) is 7.66. The number of hydrogen-bond acceptors (Lipinski definition) is 2. The van der Waals surface area contributed by atoms with E-state index in [1.807, 2.05) is 11.8 Å². The molecule has 0 saturated heterocycles. The summed E-state index contributed by atoms with van der Waals surface area (Å²) in [5.74, 6) is 1.58. The summed E-state index contributed by atoms with van der Waals surface area (Å²) in [7, 11) is 0. The molecule has 3 heteroatoms. The normalized spacial score (nSPS) is 12.8. The molecule has 1 unspecified atom stereocenters. The van der Waals surface area contributed by atoms with Crippen molar-refractivity contribution in [3.05, 3.63) is 34.3 Å². The van der Waals surface area contributed by atoms with Crippen LogP contribution in [0.1, 0.15) is 11.5 Å². The summed E-state index contributed by atoms with van der Waals surface area (Å²) in [6.07, 6.45) is 2.11. The van der Waals surface area contributed by atoms with E-state index >= 15 is 0 Å². The highest BCUT2D eigenvalue weighted by atomic mass is 79.9. The third kappa shape index (κ3) is 3.33. The first-order chi connectivity index (χ1) is 6.27. The number of nitrogens with two attached hydrogens (primary N) is 1. The maximum atomic E-state index is 5.70. The third-order valence-electron chi connectivity index (χ3n) is 1.99. The fourth-order valence-electron chi connectivity index (χ4n) is 1.24. The number of rotatable bonds is 4. The van der Waals surface area contributed by atoms with Crippen LogP contribution in [0.4, 0.5) is 0 Å². The van der Waals surface area contributed by atoms with Crippen LogP contribution in [0.3, 0.4) is 0 Å². The molecule has 1 nitrogen and oxygen atoms in total. The molecular weight excluding hydrogens is 246 g/mol. The SMILES string of the molecule is CSCC(CN)c1ccc(Br)cc1. The highest BCUT2D eigenvalue weighted by molar-refractivity contribution is 9.10. The average Bonchev–Trinajstić information content (AvgIpc) is 2.16. The quantitative estimate of drug-likeness (QED) is 0.900. The first-order valence-corrected chi connectivity index (χ1v) is 6.41. The van der Waals surface area contributed by atoms with Crippen LogP contribution in [0.5, 0.6) is 0 Å². The van der Waals surface area contributed by atoms with Gasteiger partial charge in [0.05, 0.1) is 0 Å². The van der Waals surface area contributed by atoms with Crippen molar-refractivity contribution >= 4 is 27.7 Å². The van der Waals surface area contributed by atoms with Crippen molar-refractivity contribution in [1.29, 1.82) is 0 Å². The van der Waals surface area contributed by atoms with Gasteiger partial charge in [0, 0.05) is 16.1 Å². The molecule has 72 valence electrons. The van der Waals surface area contributed by atoms with Gasteiger partial charge in [-0.1, -0.05) is 28.1 Å². The van der Waals surface area contributed by atoms with E-state index in [1.54, 1.807) is 0 Å². The summed E-state index contributed by atoms with van der Waals surface area (Å²) < 4.78 is 1.12. The van der Waals surface area contributed by atoms with Gasteiger partial charge in [-0.2, -0.15) is 11.8 Å². The Morgan fingerprint density at radius 3 is 2.46 bits per heavy atom. The van der Waals surface area contributed by atoms with Crippen LogP contribution in [0.15, 0.2) is 28.7 Å². The van der Waals surface area contributed by atoms with Crippen LogP contribution < -0.4 is 5.73 Å². The van der Waals surface area contributed by atoms with E-state index < -0.39 is 0 Å². The molecule has 1 aromatic rings. The van der Waals surface area contributed by atoms with E-state index in [1.165, 1.54) is 5.56 Å². The van der Waals surface area contributed by atoms with E-state index in [0.717, 1.165) is 16.8 Å². The Morgan fingerprint density at radius 2 is 2.00 bits per heavy atom. The molecule has 0 aromatic heterocycles. The van der Waals surface area contributed by atoms with Crippen LogP contribution in [-0.2, 0) is 0 Å². The largest absolute Gasteiger partial charge is 0.330 e. The van der Waals surface area contributed by atoms with Gasteiger partial charge in [-0.15, -0.1) is 0 Å². The first kappa shape index (κ1) is 11.1. The molecule has 0 spiro atoms. The van der Waals surface area contributed by atoms with Gasteiger partial charge in [0.2, 0.25) is 0 Å². The second-order valence-corrected chi connectivity index (χ2v) is 4.77. The van der Waals surface area contributed by atoms with Crippen molar-refractivity contribution in [3.8, 4) is 0 Å². The Kier molecular flexibility index (Phi) is 4.84. The summed E-state index contributed by atoms with van der Waals surface area (Å²) >= 11 is 5.26. The summed E-state index contributed by atoms with van der Waals surface area (Å²) in [6, 6.07) is 8.41. The maximum Gasteiger partial charge on any atom is 0.0175 e. The molecule has 0 saturated carbocycles. The zero-order valence-corrected chi connectivity index (χ0v) is 10.1. The summed E-state index contributed by atoms with van der Waals surface area (Å²) in [6.45, 7) is 0.725. The maximum absolute atomic E-state index is 5.70. The lowest BCUT2D eigenvalue weighted by molar-refractivity contribution is 0.786. The molecule has 0 aliphatic carbocycles. The molecular formula is C10H14BrNS. The minimum atomic E-state index is 0.489. The highest BCUT2D eigenvalue weighted by Crippen LogP contribution is 2.20. The van der Waals surface area contributed by atoms with Gasteiger partial charge in [-0.3, -0.25) is 0 Å². The number of halogens is 1. The van der Waals surface area contributed by atoms with Crippen LogP contribution in [0.2, 0.25) is 0 Å². The molecule has 0 aliphatic rings. The van der Waals surface area contributed by atoms with Crippen LogP contribution >= 0.6 is 27.7 Å². The van der Waals surface area contributed by atoms with E-state index in [-0.39, 0.29) is 0 Å². The molecule has 1 rings (SSSR count). The Bertz CT molecular complexity index is 248. The van der Waals surface area contributed by atoms with Crippen molar-refractivity contribution in [2.24, 2.45) is 5.73 Å². The van der Waals surface area contributed by atoms with E-state index in [9.17, 15) is 0 Å². The topological polar surface area (TPSA) is 26.0 Å². The molecule has 0 radical (unpaired) electrons. The van der Waals surface area contributed by atoms with Gasteiger partial charge in [0.1, 0.15) is 0 Å². The first-order valence-electron chi connectivity index (χ1n) is 4.22. The smallest absolute Gasteiger partial charge is 0.0175 e. The molecule has 0 heterocycles.